The number of sulfonamides is 1. The lowest BCUT2D eigenvalue weighted by atomic mass is 10.0. The predicted octanol–water partition coefficient (Wildman–Crippen LogP) is 5.60. The average Bonchev–Trinajstić information content (AvgIpc) is 2.77. The molecule has 2 aromatic rings. The monoisotopic (exact) mass is 569 g/mol. The van der Waals surface area contributed by atoms with E-state index in [-0.39, 0.29) is 18.4 Å². The molecule has 0 aliphatic heterocycles. The fourth-order valence-electron chi connectivity index (χ4n) is 4.00. The summed E-state index contributed by atoms with van der Waals surface area (Å²) in [4.78, 5) is 28.5. The molecule has 1 atom stereocenters. The van der Waals surface area contributed by atoms with Crippen LogP contribution in [-0.2, 0) is 26.2 Å². The second kappa shape index (κ2) is 12.5. The van der Waals surface area contributed by atoms with Crippen LogP contribution < -0.4 is 9.62 Å². The topological polar surface area (TPSA) is 86.8 Å². The van der Waals surface area contributed by atoms with Crippen molar-refractivity contribution in [3.63, 3.8) is 0 Å². The molecule has 0 bridgehead atoms. The van der Waals surface area contributed by atoms with Crippen molar-refractivity contribution in [2.24, 2.45) is 0 Å². The summed E-state index contributed by atoms with van der Waals surface area (Å²) in [5.41, 5.74) is 1.39. The van der Waals surface area contributed by atoms with E-state index in [1.54, 1.807) is 30.3 Å². The van der Waals surface area contributed by atoms with Gasteiger partial charge >= 0.3 is 0 Å². The van der Waals surface area contributed by atoms with Crippen LogP contribution in [0.3, 0.4) is 0 Å². The molecule has 1 N–H and O–H groups in total. The standard InChI is InChI=1S/C27H37Cl2N3O4S/c1-8-23(26(34)30-27(4,5)6)31(16-19-13-14-21(28)22(29)15-19)25(33)17-32(37(7,35)36)24-12-10-9-11-20(24)18(2)3/h9-15,18,23H,8,16-17H2,1-7H3,(H,30,34)/t23-/m0/s1. The maximum absolute atomic E-state index is 13.9. The van der Waals surface area contributed by atoms with Crippen molar-refractivity contribution < 1.29 is 18.0 Å². The largest absolute Gasteiger partial charge is 0.350 e. The van der Waals surface area contributed by atoms with Gasteiger partial charge in [0.2, 0.25) is 21.8 Å². The van der Waals surface area contributed by atoms with Gasteiger partial charge in [0.15, 0.2) is 0 Å². The van der Waals surface area contributed by atoms with Gasteiger partial charge in [-0.05, 0) is 62.4 Å². The minimum atomic E-state index is -3.82. The van der Waals surface area contributed by atoms with Crippen LogP contribution in [0.1, 0.15) is 65.0 Å². The molecule has 0 aliphatic carbocycles. The number of hydrogen-bond acceptors (Lipinski definition) is 4. The molecular formula is C27H37Cl2N3O4S. The minimum absolute atomic E-state index is 0.0313. The second-order valence-corrected chi connectivity index (χ2v) is 13.1. The maximum Gasteiger partial charge on any atom is 0.244 e. The van der Waals surface area contributed by atoms with Gasteiger partial charge in [-0.25, -0.2) is 8.42 Å². The summed E-state index contributed by atoms with van der Waals surface area (Å²) in [5.74, 6) is -0.799. The van der Waals surface area contributed by atoms with E-state index in [0.29, 0.717) is 27.7 Å². The van der Waals surface area contributed by atoms with Crippen LogP contribution >= 0.6 is 23.2 Å². The van der Waals surface area contributed by atoms with E-state index in [4.69, 9.17) is 23.2 Å². The zero-order valence-corrected chi connectivity index (χ0v) is 24.8. The summed E-state index contributed by atoms with van der Waals surface area (Å²) in [7, 11) is -3.82. The molecule has 10 heteroatoms. The molecule has 2 aromatic carbocycles. The van der Waals surface area contributed by atoms with Crippen LogP contribution in [0.2, 0.25) is 10.0 Å². The number of para-hydroxylation sites is 1. The van der Waals surface area contributed by atoms with Crippen LogP contribution in [0.5, 0.6) is 0 Å². The summed E-state index contributed by atoms with van der Waals surface area (Å²) >= 11 is 12.3. The molecule has 2 amide bonds. The molecule has 0 unspecified atom stereocenters. The Bertz CT molecular complexity index is 1230. The van der Waals surface area contributed by atoms with Crippen LogP contribution in [0.15, 0.2) is 42.5 Å². The van der Waals surface area contributed by atoms with Crippen molar-refractivity contribution >= 4 is 50.7 Å². The number of rotatable bonds is 10. The number of hydrogen-bond donors (Lipinski definition) is 1. The third-order valence-electron chi connectivity index (χ3n) is 5.73. The highest BCUT2D eigenvalue weighted by molar-refractivity contribution is 7.92. The van der Waals surface area contributed by atoms with E-state index in [9.17, 15) is 18.0 Å². The molecule has 204 valence electrons. The molecule has 0 spiro atoms. The number of anilines is 1. The first-order chi connectivity index (χ1) is 17.0. The second-order valence-electron chi connectivity index (χ2n) is 10.4. The number of nitrogens with zero attached hydrogens (tertiary/aromatic N) is 2. The van der Waals surface area contributed by atoms with Gasteiger partial charge < -0.3 is 10.2 Å². The molecule has 7 nitrogen and oxygen atoms in total. The molecule has 0 radical (unpaired) electrons. The quantitative estimate of drug-likeness (QED) is 0.403. The van der Waals surface area contributed by atoms with E-state index in [2.05, 4.69) is 5.32 Å². The molecule has 0 saturated heterocycles. The van der Waals surface area contributed by atoms with E-state index in [0.717, 1.165) is 16.1 Å². The number of halogens is 2. The summed E-state index contributed by atoms with van der Waals surface area (Å²) in [6.07, 6.45) is 1.40. The van der Waals surface area contributed by atoms with Gasteiger partial charge in [-0.15, -0.1) is 0 Å². The van der Waals surface area contributed by atoms with E-state index >= 15 is 0 Å². The minimum Gasteiger partial charge on any atom is -0.350 e. The molecule has 0 heterocycles. The SMILES string of the molecule is CC[C@@H](C(=O)NC(C)(C)C)N(Cc1ccc(Cl)c(Cl)c1)C(=O)CN(c1ccccc1C(C)C)S(C)(=O)=O. The Morgan fingerprint density at radius 2 is 1.65 bits per heavy atom. The highest BCUT2D eigenvalue weighted by Gasteiger charge is 2.33. The van der Waals surface area contributed by atoms with Crippen molar-refractivity contribution in [3.8, 4) is 0 Å². The number of carbonyl (C=O) groups excluding carboxylic acids is 2. The van der Waals surface area contributed by atoms with Gasteiger partial charge in [0.05, 0.1) is 22.0 Å². The zero-order chi connectivity index (χ0) is 28.1. The lowest BCUT2D eigenvalue weighted by molar-refractivity contribution is -0.141. The van der Waals surface area contributed by atoms with Crippen molar-refractivity contribution in [2.75, 3.05) is 17.1 Å². The fraction of sp³-hybridized carbons (Fsp3) is 0.481. The Morgan fingerprint density at radius 3 is 2.16 bits per heavy atom. The van der Waals surface area contributed by atoms with E-state index in [1.807, 2.05) is 53.7 Å². The molecular weight excluding hydrogens is 533 g/mol. The van der Waals surface area contributed by atoms with Crippen LogP contribution in [-0.4, -0.2) is 49.5 Å². The van der Waals surface area contributed by atoms with Gasteiger partial charge in [-0.1, -0.05) is 68.2 Å². The van der Waals surface area contributed by atoms with Crippen LogP contribution in [0, 0.1) is 0 Å². The molecule has 0 aromatic heterocycles. The van der Waals surface area contributed by atoms with E-state index in [1.165, 1.54) is 4.90 Å². The summed E-state index contributed by atoms with van der Waals surface area (Å²) in [5, 5.41) is 3.63. The normalized spacial score (nSPS) is 12.8. The lowest BCUT2D eigenvalue weighted by Gasteiger charge is -2.35. The molecule has 0 saturated carbocycles. The zero-order valence-electron chi connectivity index (χ0n) is 22.5. The maximum atomic E-state index is 13.9. The summed E-state index contributed by atoms with van der Waals surface area (Å²) in [6.45, 7) is 10.9. The number of carbonyl (C=O) groups is 2. The van der Waals surface area contributed by atoms with E-state index < -0.39 is 34.1 Å². The first-order valence-electron chi connectivity index (χ1n) is 12.2. The van der Waals surface area contributed by atoms with Crippen molar-refractivity contribution in [2.45, 2.75) is 72.0 Å². The Balaban J connectivity index is 2.55. The third kappa shape index (κ3) is 8.62. The highest BCUT2D eigenvalue weighted by Crippen LogP contribution is 2.30. The number of benzene rings is 2. The van der Waals surface area contributed by atoms with Gasteiger partial charge in [0.25, 0.3) is 0 Å². The van der Waals surface area contributed by atoms with Crippen LogP contribution in [0.25, 0.3) is 0 Å². The van der Waals surface area contributed by atoms with Crippen LogP contribution in [0.4, 0.5) is 5.69 Å². The number of amides is 2. The fourth-order valence-corrected chi connectivity index (χ4v) is 5.19. The first-order valence-corrected chi connectivity index (χ1v) is 14.8. The summed E-state index contributed by atoms with van der Waals surface area (Å²) < 4.78 is 26.9. The Labute approximate surface area is 231 Å². The van der Waals surface area contributed by atoms with Crippen molar-refractivity contribution in [1.29, 1.82) is 0 Å². The summed E-state index contributed by atoms with van der Waals surface area (Å²) in [6, 6.07) is 11.3. The molecule has 0 fully saturated rings. The Hall–Kier alpha value is -2.29. The lowest BCUT2D eigenvalue weighted by Crippen LogP contribution is -2.55. The smallest absolute Gasteiger partial charge is 0.244 e. The Morgan fingerprint density at radius 1 is 1.03 bits per heavy atom. The van der Waals surface area contributed by atoms with Gasteiger partial charge in [0.1, 0.15) is 12.6 Å². The number of nitrogens with one attached hydrogen (secondary N) is 1. The molecule has 37 heavy (non-hydrogen) atoms. The highest BCUT2D eigenvalue weighted by atomic mass is 35.5. The third-order valence-corrected chi connectivity index (χ3v) is 7.59. The predicted molar refractivity (Wildman–Crippen MR) is 152 cm³/mol. The van der Waals surface area contributed by atoms with Gasteiger partial charge in [0, 0.05) is 12.1 Å². The first kappa shape index (κ1) is 30.9. The Kier molecular flexibility index (Phi) is 10.5. The van der Waals surface area contributed by atoms with Gasteiger partial charge in [-0.2, -0.15) is 0 Å². The van der Waals surface area contributed by atoms with Crippen molar-refractivity contribution in [1.82, 2.24) is 10.2 Å². The average molecular weight is 571 g/mol. The molecule has 0 aliphatic rings. The van der Waals surface area contributed by atoms with Crippen molar-refractivity contribution in [3.05, 3.63) is 63.6 Å². The van der Waals surface area contributed by atoms with Gasteiger partial charge in [-0.3, -0.25) is 13.9 Å². The molecule has 2 rings (SSSR count).